The number of amides is 1. The average molecular weight is 430 g/mol. The number of nitrogens with one attached hydrogen (secondary N) is 1. The Kier molecular flexibility index (Phi) is 6.26. The molecule has 0 saturated heterocycles. The van der Waals surface area contributed by atoms with Gasteiger partial charge >= 0.3 is 0 Å². The maximum absolute atomic E-state index is 13.5. The van der Waals surface area contributed by atoms with Crippen molar-refractivity contribution in [2.45, 2.75) is 26.9 Å². The van der Waals surface area contributed by atoms with E-state index in [4.69, 9.17) is 4.74 Å². The van der Waals surface area contributed by atoms with Crippen LogP contribution in [0.5, 0.6) is 11.6 Å². The summed E-state index contributed by atoms with van der Waals surface area (Å²) in [6.07, 6.45) is 1.59. The Morgan fingerprint density at radius 3 is 2.66 bits per heavy atom. The summed E-state index contributed by atoms with van der Waals surface area (Å²) < 4.78 is 21.0. The second-order valence-electron chi connectivity index (χ2n) is 7.40. The summed E-state index contributed by atoms with van der Waals surface area (Å²) >= 11 is 0. The lowest BCUT2D eigenvalue weighted by Crippen LogP contribution is -2.24. The van der Waals surface area contributed by atoms with Crippen molar-refractivity contribution in [3.05, 3.63) is 107 Å². The minimum absolute atomic E-state index is 0.208. The van der Waals surface area contributed by atoms with Gasteiger partial charge in [-0.3, -0.25) is 9.48 Å². The van der Waals surface area contributed by atoms with Crippen LogP contribution in [0.2, 0.25) is 0 Å². The second kappa shape index (κ2) is 9.43. The molecule has 0 atom stereocenters. The molecule has 4 rings (SSSR count). The zero-order valence-corrected chi connectivity index (χ0v) is 17.9. The van der Waals surface area contributed by atoms with Crippen LogP contribution in [-0.4, -0.2) is 20.7 Å². The maximum atomic E-state index is 13.5. The molecule has 2 heterocycles. The van der Waals surface area contributed by atoms with Gasteiger partial charge in [-0.2, -0.15) is 5.10 Å². The molecule has 0 aliphatic rings. The predicted molar refractivity (Wildman–Crippen MR) is 119 cm³/mol. The first-order chi connectivity index (χ1) is 15.5. The Balaban J connectivity index is 1.48. The Morgan fingerprint density at radius 2 is 1.88 bits per heavy atom. The van der Waals surface area contributed by atoms with Crippen LogP contribution in [-0.2, 0) is 13.1 Å². The molecular weight excluding hydrogens is 407 g/mol. The van der Waals surface area contributed by atoms with Crippen LogP contribution in [0.15, 0.2) is 72.9 Å². The van der Waals surface area contributed by atoms with E-state index in [0.29, 0.717) is 35.0 Å². The smallest absolute Gasteiger partial charge is 0.255 e. The number of aryl methyl sites for hydroxylation is 1. The minimum atomic E-state index is -0.397. The summed E-state index contributed by atoms with van der Waals surface area (Å²) in [5.74, 6) is 0.0309. The maximum Gasteiger partial charge on any atom is 0.255 e. The molecule has 32 heavy (non-hydrogen) atoms. The lowest BCUT2D eigenvalue weighted by Gasteiger charge is -2.11. The van der Waals surface area contributed by atoms with Crippen LogP contribution in [0.4, 0.5) is 4.39 Å². The highest BCUT2D eigenvalue weighted by Crippen LogP contribution is 2.23. The van der Waals surface area contributed by atoms with Crippen molar-refractivity contribution < 1.29 is 13.9 Å². The van der Waals surface area contributed by atoms with Crippen molar-refractivity contribution in [3.63, 3.8) is 0 Å². The molecule has 6 nitrogen and oxygen atoms in total. The number of hydrogen-bond donors (Lipinski definition) is 1. The molecule has 4 aromatic rings. The molecule has 0 fully saturated rings. The fraction of sp³-hybridized carbons (Fsp3) is 0.160. The van der Waals surface area contributed by atoms with Gasteiger partial charge in [-0.15, -0.1) is 0 Å². The molecule has 0 aliphatic heterocycles. The highest BCUT2D eigenvalue weighted by Gasteiger charge is 2.19. The van der Waals surface area contributed by atoms with Gasteiger partial charge in [-0.1, -0.05) is 42.5 Å². The summed E-state index contributed by atoms with van der Waals surface area (Å²) in [7, 11) is 0. The third-order valence-corrected chi connectivity index (χ3v) is 5.08. The van der Waals surface area contributed by atoms with Crippen molar-refractivity contribution >= 4 is 5.91 Å². The van der Waals surface area contributed by atoms with Crippen LogP contribution in [0.25, 0.3) is 0 Å². The summed E-state index contributed by atoms with van der Waals surface area (Å²) in [6.45, 7) is 4.52. The fourth-order valence-electron chi connectivity index (χ4n) is 3.49. The van der Waals surface area contributed by atoms with Crippen LogP contribution >= 0.6 is 0 Å². The number of aromatic nitrogens is 3. The fourth-order valence-corrected chi connectivity index (χ4v) is 3.49. The van der Waals surface area contributed by atoms with E-state index >= 15 is 0 Å². The molecule has 0 unspecified atom stereocenters. The van der Waals surface area contributed by atoms with E-state index in [0.717, 1.165) is 11.3 Å². The minimum Gasteiger partial charge on any atom is -0.439 e. The molecule has 1 N–H and O–H groups in total. The number of ether oxygens (including phenoxy) is 1. The van der Waals surface area contributed by atoms with Crippen molar-refractivity contribution in [1.82, 2.24) is 20.1 Å². The van der Waals surface area contributed by atoms with Crippen molar-refractivity contribution in [3.8, 4) is 11.6 Å². The lowest BCUT2D eigenvalue weighted by atomic mass is 10.1. The van der Waals surface area contributed by atoms with Gasteiger partial charge in [0.1, 0.15) is 11.6 Å². The number of hydrogen-bond acceptors (Lipinski definition) is 4. The summed E-state index contributed by atoms with van der Waals surface area (Å²) in [5.41, 5.74) is 3.80. The molecule has 2 aromatic heterocycles. The Bertz CT molecular complexity index is 1240. The van der Waals surface area contributed by atoms with Crippen LogP contribution < -0.4 is 10.1 Å². The zero-order valence-electron chi connectivity index (χ0n) is 17.9. The van der Waals surface area contributed by atoms with E-state index in [1.54, 1.807) is 30.5 Å². The van der Waals surface area contributed by atoms with Gasteiger partial charge in [0.15, 0.2) is 0 Å². The number of benzene rings is 2. The number of carbonyl (C=O) groups excluding carboxylic acids is 1. The van der Waals surface area contributed by atoms with Crippen LogP contribution in [0.3, 0.4) is 0 Å². The SMILES string of the molecule is Cc1nn(Cc2ccccc2)c(C)c1C(=O)NCc1cccnc1Oc1cccc(F)c1. The lowest BCUT2D eigenvalue weighted by molar-refractivity contribution is 0.0949. The first-order valence-electron chi connectivity index (χ1n) is 10.2. The van der Waals surface area contributed by atoms with Gasteiger partial charge in [-0.25, -0.2) is 9.37 Å². The Labute approximate surface area is 185 Å². The Morgan fingerprint density at radius 1 is 1.06 bits per heavy atom. The quantitative estimate of drug-likeness (QED) is 0.457. The molecule has 2 aromatic carbocycles. The number of nitrogens with zero attached hydrogens (tertiary/aromatic N) is 3. The van der Waals surface area contributed by atoms with Gasteiger partial charge in [-0.05, 0) is 37.6 Å². The number of pyridine rings is 1. The molecule has 0 spiro atoms. The topological polar surface area (TPSA) is 69.0 Å². The van der Waals surface area contributed by atoms with Crippen molar-refractivity contribution in [2.24, 2.45) is 0 Å². The highest BCUT2D eigenvalue weighted by molar-refractivity contribution is 5.96. The van der Waals surface area contributed by atoms with E-state index in [1.807, 2.05) is 48.9 Å². The zero-order chi connectivity index (χ0) is 22.5. The average Bonchev–Trinajstić information content (AvgIpc) is 3.06. The molecule has 0 saturated carbocycles. The predicted octanol–water partition coefficient (Wildman–Crippen LogP) is 4.80. The standard InChI is InChI=1S/C25H23FN4O2/c1-17-23(18(2)30(29-17)16-19-8-4-3-5-9-19)24(31)28-15-20-10-7-13-27-25(20)32-22-12-6-11-21(26)14-22/h3-14H,15-16H2,1-2H3,(H,28,31). The summed E-state index contributed by atoms with van der Waals surface area (Å²) in [5, 5.41) is 7.47. The van der Waals surface area contributed by atoms with Gasteiger partial charge in [0, 0.05) is 30.1 Å². The van der Waals surface area contributed by atoms with Gasteiger partial charge in [0.25, 0.3) is 5.91 Å². The molecule has 0 aliphatic carbocycles. The third-order valence-electron chi connectivity index (χ3n) is 5.08. The number of halogens is 1. The summed E-state index contributed by atoms with van der Waals surface area (Å²) in [4.78, 5) is 17.2. The van der Waals surface area contributed by atoms with Crippen molar-refractivity contribution in [1.29, 1.82) is 0 Å². The first kappa shape index (κ1) is 21.2. The highest BCUT2D eigenvalue weighted by atomic mass is 19.1. The van der Waals surface area contributed by atoms with Crippen molar-refractivity contribution in [2.75, 3.05) is 0 Å². The van der Waals surface area contributed by atoms with E-state index < -0.39 is 5.82 Å². The first-order valence-corrected chi connectivity index (χ1v) is 10.2. The van der Waals surface area contributed by atoms with Crippen LogP contribution in [0, 0.1) is 19.7 Å². The van der Waals surface area contributed by atoms with E-state index in [2.05, 4.69) is 15.4 Å². The Hall–Kier alpha value is -4.00. The molecular formula is C25H23FN4O2. The van der Waals surface area contributed by atoms with E-state index in [1.165, 1.54) is 12.1 Å². The summed E-state index contributed by atoms with van der Waals surface area (Å²) in [6, 6.07) is 19.4. The molecule has 7 heteroatoms. The normalized spacial score (nSPS) is 10.7. The molecule has 0 bridgehead atoms. The third kappa shape index (κ3) is 4.83. The van der Waals surface area contributed by atoms with Gasteiger partial charge < -0.3 is 10.1 Å². The second-order valence-corrected chi connectivity index (χ2v) is 7.40. The number of carbonyl (C=O) groups is 1. The van der Waals surface area contributed by atoms with Gasteiger partial charge in [0.05, 0.1) is 17.8 Å². The monoisotopic (exact) mass is 430 g/mol. The molecule has 1 amide bonds. The van der Waals surface area contributed by atoms with E-state index in [-0.39, 0.29) is 12.5 Å². The van der Waals surface area contributed by atoms with Gasteiger partial charge in [0.2, 0.25) is 5.88 Å². The largest absolute Gasteiger partial charge is 0.439 e. The molecule has 162 valence electrons. The molecule has 0 radical (unpaired) electrons. The van der Waals surface area contributed by atoms with E-state index in [9.17, 15) is 9.18 Å². The van der Waals surface area contributed by atoms with Crippen LogP contribution in [0.1, 0.15) is 32.9 Å². The number of rotatable bonds is 7.